The minimum Gasteiger partial charge on any atom is -0.374 e. The maximum Gasteiger partial charge on any atom is 0.317 e. The first kappa shape index (κ1) is 15.6. The number of hydrogen-bond donors (Lipinski definition) is 2. The molecule has 0 aliphatic carbocycles. The maximum absolute atomic E-state index is 12.1. The summed E-state index contributed by atoms with van der Waals surface area (Å²) in [4.78, 5) is 14.1. The Balaban J connectivity index is 1.69. The van der Waals surface area contributed by atoms with Crippen LogP contribution in [0.15, 0.2) is 0 Å². The first-order valence-corrected chi connectivity index (χ1v) is 7.82. The second-order valence-electron chi connectivity index (χ2n) is 7.01. The van der Waals surface area contributed by atoms with Crippen LogP contribution in [0.5, 0.6) is 0 Å². The minimum atomic E-state index is 0.0616. The van der Waals surface area contributed by atoms with Crippen LogP contribution in [-0.4, -0.2) is 56.4 Å². The fraction of sp³-hybridized carbons (Fsp3) is 0.933. The molecule has 1 unspecified atom stereocenters. The summed E-state index contributed by atoms with van der Waals surface area (Å²) in [5.74, 6) is 0.720. The second-order valence-corrected chi connectivity index (χ2v) is 7.01. The van der Waals surface area contributed by atoms with Gasteiger partial charge in [-0.1, -0.05) is 20.8 Å². The molecule has 20 heavy (non-hydrogen) atoms. The van der Waals surface area contributed by atoms with Crippen LogP contribution in [-0.2, 0) is 4.74 Å². The average molecular weight is 283 g/mol. The van der Waals surface area contributed by atoms with Gasteiger partial charge in [0.1, 0.15) is 0 Å². The largest absolute Gasteiger partial charge is 0.374 e. The molecular formula is C15H29N3O2. The van der Waals surface area contributed by atoms with E-state index >= 15 is 0 Å². The van der Waals surface area contributed by atoms with Gasteiger partial charge in [0.2, 0.25) is 0 Å². The van der Waals surface area contributed by atoms with Gasteiger partial charge < -0.3 is 20.3 Å². The summed E-state index contributed by atoms with van der Waals surface area (Å²) in [6, 6.07) is 0.0616. The Labute approximate surface area is 122 Å². The van der Waals surface area contributed by atoms with Gasteiger partial charge in [0.05, 0.1) is 12.7 Å². The van der Waals surface area contributed by atoms with E-state index in [0.717, 1.165) is 51.5 Å². The number of ether oxygens (including phenoxy) is 1. The molecule has 0 aromatic rings. The van der Waals surface area contributed by atoms with E-state index in [-0.39, 0.29) is 12.1 Å². The van der Waals surface area contributed by atoms with Crippen LogP contribution in [0.3, 0.4) is 0 Å². The van der Waals surface area contributed by atoms with Gasteiger partial charge in [0.15, 0.2) is 0 Å². The van der Waals surface area contributed by atoms with Crippen LogP contribution in [0.2, 0.25) is 0 Å². The van der Waals surface area contributed by atoms with Crippen molar-refractivity contribution in [2.24, 2.45) is 11.3 Å². The number of rotatable bonds is 2. The number of carbonyl (C=O) groups excluding carboxylic acids is 1. The number of urea groups is 1. The van der Waals surface area contributed by atoms with Crippen LogP contribution in [0.25, 0.3) is 0 Å². The zero-order valence-corrected chi connectivity index (χ0v) is 13.1. The van der Waals surface area contributed by atoms with Crippen molar-refractivity contribution in [1.82, 2.24) is 15.5 Å². The zero-order chi connectivity index (χ0) is 14.6. The standard InChI is InChI=1S/C15H29N3O2/c1-15(2,3)12-4-7-18(8-5-12)14(19)17-11-13-10-16-6-9-20-13/h12-13,16H,4-11H2,1-3H3,(H,17,19). The van der Waals surface area contributed by atoms with Gasteiger partial charge in [-0.25, -0.2) is 4.79 Å². The Kier molecular flexibility index (Phi) is 5.27. The highest BCUT2D eigenvalue weighted by Gasteiger charge is 2.30. The Morgan fingerprint density at radius 3 is 2.60 bits per heavy atom. The minimum absolute atomic E-state index is 0.0616. The molecule has 2 N–H and O–H groups in total. The van der Waals surface area contributed by atoms with Gasteiger partial charge in [-0.2, -0.15) is 0 Å². The van der Waals surface area contributed by atoms with Gasteiger partial charge in [-0.15, -0.1) is 0 Å². The van der Waals surface area contributed by atoms with E-state index in [9.17, 15) is 4.79 Å². The molecule has 2 amide bonds. The zero-order valence-electron chi connectivity index (χ0n) is 13.1. The quantitative estimate of drug-likeness (QED) is 0.806. The molecule has 0 aromatic heterocycles. The van der Waals surface area contributed by atoms with Crippen molar-refractivity contribution in [1.29, 1.82) is 0 Å². The van der Waals surface area contributed by atoms with Gasteiger partial charge in [-0.3, -0.25) is 0 Å². The number of amides is 2. The molecule has 2 aliphatic rings. The smallest absolute Gasteiger partial charge is 0.317 e. The van der Waals surface area contributed by atoms with Crippen molar-refractivity contribution >= 4 is 6.03 Å². The van der Waals surface area contributed by atoms with Crippen LogP contribution >= 0.6 is 0 Å². The molecule has 0 saturated carbocycles. The van der Waals surface area contributed by atoms with Gasteiger partial charge in [-0.05, 0) is 24.2 Å². The monoisotopic (exact) mass is 283 g/mol. The highest BCUT2D eigenvalue weighted by atomic mass is 16.5. The normalized spacial score (nSPS) is 25.6. The topological polar surface area (TPSA) is 53.6 Å². The number of piperidine rings is 1. The van der Waals surface area contributed by atoms with Gasteiger partial charge >= 0.3 is 6.03 Å². The molecular weight excluding hydrogens is 254 g/mol. The molecule has 0 aromatic carbocycles. The molecule has 116 valence electrons. The summed E-state index contributed by atoms with van der Waals surface area (Å²) in [5, 5.41) is 6.27. The predicted octanol–water partition coefficient (Wildman–Crippen LogP) is 1.44. The summed E-state index contributed by atoms with van der Waals surface area (Å²) in [6.45, 7) is 11.7. The van der Waals surface area contributed by atoms with E-state index in [1.54, 1.807) is 0 Å². The summed E-state index contributed by atoms with van der Waals surface area (Å²) < 4.78 is 5.58. The molecule has 2 saturated heterocycles. The highest BCUT2D eigenvalue weighted by molar-refractivity contribution is 5.74. The summed E-state index contributed by atoms with van der Waals surface area (Å²) in [5.41, 5.74) is 0.351. The van der Waals surface area contributed by atoms with E-state index < -0.39 is 0 Å². The lowest BCUT2D eigenvalue weighted by molar-refractivity contribution is 0.0294. The molecule has 5 heteroatoms. The van der Waals surface area contributed by atoms with Crippen molar-refractivity contribution in [2.75, 3.05) is 39.3 Å². The van der Waals surface area contributed by atoms with Crippen LogP contribution < -0.4 is 10.6 Å². The van der Waals surface area contributed by atoms with E-state index in [4.69, 9.17) is 4.74 Å². The molecule has 2 rings (SSSR count). The van der Waals surface area contributed by atoms with Crippen molar-refractivity contribution in [2.45, 2.75) is 39.7 Å². The third-order valence-corrected chi connectivity index (χ3v) is 4.49. The number of hydrogen-bond acceptors (Lipinski definition) is 3. The van der Waals surface area contributed by atoms with Gasteiger partial charge in [0.25, 0.3) is 0 Å². The summed E-state index contributed by atoms with van der Waals surface area (Å²) >= 11 is 0. The van der Waals surface area contributed by atoms with Crippen LogP contribution in [0.1, 0.15) is 33.6 Å². The molecule has 2 fully saturated rings. The lowest BCUT2D eigenvalue weighted by Crippen LogP contribution is -2.50. The summed E-state index contributed by atoms with van der Waals surface area (Å²) in [6.07, 6.45) is 2.33. The molecule has 1 atom stereocenters. The van der Waals surface area contributed by atoms with E-state index in [1.165, 1.54) is 0 Å². The first-order chi connectivity index (χ1) is 9.47. The molecule has 0 bridgehead atoms. The number of nitrogens with one attached hydrogen (secondary N) is 2. The second kappa shape index (κ2) is 6.76. The average Bonchev–Trinajstić information content (AvgIpc) is 2.45. The summed E-state index contributed by atoms with van der Waals surface area (Å²) in [7, 11) is 0. The van der Waals surface area contributed by atoms with E-state index in [0.29, 0.717) is 12.0 Å². The Morgan fingerprint density at radius 2 is 2.05 bits per heavy atom. The number of likely N-dealkylation sites (tertiary alicyclic amines) is 1. The fourth-order valence-corrected chi connectivity index (χ4v) is 3.01. The van der Waals surface area contributed by atoms with Crippen molar-refractivity contribution in [3.05, 3.63) is 0 Å². The SMILES string of the molecule is CC(C)(C)C1CCN(C(=O)NCC2CNCCO2)CC1. The Morgan fingerprint density at radius 1 is 1.35 bits per heavy atom. The van der Waals surface area contributed by atoms with Crippen molar-refractivity contribution < 1.29 is 9.53 Å². The van der Waals surface area contributed by atoms with Crippen LogP contribution in [0, 0.1) is 11.3 Å². The lowest BCUT2D eigenvalue weighted by atomic mass is 9.75. The number of nitrogens with zero attached hydrogens (tertiary/aromatic N) is 1. The molecule has 5 nitrogen and oxygen atoms in total. The molecule has 2 heterocycles. The highest BCUT2D eigenvalue weighted by Crippen LogP contribution is 2.34. The lowest BCUT2D eigenvalue weighted by Gasteiger charge is -2.38. The van der Waals surface area contributed by atoms with E-state index in [1.807, 2.05) is 4.90 Å². The third kappa shape index (κ3) is 4.35. The third-order valence-electron chi connectivity index (χ3n) is 4.49. The molecule has 2 aliphatic heterocycles. The fourth-order valence-electron chi connectivity index (χ4n) is 3.01. The van der Waals surface area contributed by atoms with E-state index in [2.05, 4.69) is 31.4 Å². The molecule has 0 radical (unpaired) electrons. The van der Waals surface area contributed by atoms with Crippen LogP contribution in [0.4, 0.5) is 4.79 Å². The molecule has 0 spiro atoms. The van der Waals surface area contributed by atoms with Crippen molar-refractivity contribution in [3.8, 4) is 0 Å². The first-order valence-electron chi connectivity index (χ1n) is 7.82. The number of morpholine rings is 1. The Bertz CT molecular complexity index is 314. The maximum atomic E-state index is 12.1. The number of carbonyl (C=O) groups is 1. The van der Waals surface area contributed by atoms with Gasteiger partial charge in [0, 0.05) is 32.7 Å². The predicted molar refractivity (Wildman–Crippen MR) is 79.8 cm³/mol. The Hall–Kier alpha value is -0.810. The van der Waals surface area contributed by atoms with Crippen molar-refractivity contribution in [3.63, 3.8) is 0 Å².